The van der Waals surface area contributed by atoms with Gasteiger partial charge in [-0.2, -0.15) is 0 Å². The number of nitrogens with two attached hydrogens (primary N) is 2. The van der Waals surface area contributed by atoms with Crippen LogP contribution in [0.2, 0.25) is 0 Å². The lowest BCUT2D eigenvalue weighted by Gasteiger charge is -2.11. The van der Waals surface area contributed by atoms with Crippen molar-refractivity contribution in [2.45, 2.75) is 12.6 Å². The van der Waals surface area contributed by atoms with Gasteiger partial charge in [0.2, 0.25) is 0 Å². The zero-order valence-corrected chi connectivity index (χ0v) is 8.79. The molecule has 16 heavy (non-hydrogen) atoms. The van der Waals surface area contributed by atoms with Crippen LogP contribution in [-0.2, 0) is 0 Å². The van der Waals surface area contributed by atoms with E-state index in [1.165, 1.54) is 24.4 Å². The van der Waals surface area contributed by atoms with Crippen LogP contribution in [0.4, 0.5) is 8.78 Å². The lowest BCUT2D eigenvalue weighted by Crippen LogP contribution is -2.03. The quantitative estimate of drug-likeness (QED) is 0.723. The van der Waals surface area contributed by atoms with E-state index in [4.69, 9.17) is 11.5 Å². The van der Waals surface area contributed by atoms with Gasteiger partial charge in [0.25, 0.3) is 0 Å². The Balaban J connectivity index is 2.79. The van der Waals surface area contributed by atoms with Crippen molar-refractivity contribution in [1.82, 2.24) is 0 Å². The zero-order chi connectivity index (χ0) is 12.1. The molecule has 0 aromatic carbocycles. The van der Waals surface area contributed by atoms with E-state index in [9.17, 15) is 8.78 Å². The van der Waals surface area contributed by atoms with Crippen LogP contribution in [0.1, 0.15) is 6.42 Å². The number of allylic oxidation sites excluding steroid dienone is 7. The van der Waals surface area contributed by atoms with E-state index in [1.54, 1.807) is 6.08 Å². The molecule has 0 aromatic rings. The van der Waals surface area contributed by atoms with E-state index < -0.39 is 12.0 Å². The molecular formula is C12H14F2N2. The largest absolute Gasteiger partial charge is 0.403 e. The average molecular weight is 224 g/mol. The lowest BCUT2D eigenvalue weighted by molar-refractivity contribution is 0.367. The summed E-state index contributed by atoms with van der Waals surface area (Å²) in [6.07, 6.45) is 5.41. The highest BCUT2D eigenvalue weighted by molar-refractivity contribution is 5.48. The maximum Gasteiger partial charge on any atom is 0.125 e. The highest BCUT2D eigenvalue weighted by atomic mass is 19.1. The SMILES string of the molecule is C=C(/C=C\C(N)=C/N)C1=CC(F)CC(F)=C1. The van der Waals surface area contributed by atoms with Crippen molar-refractivity contribution in [3.8, 4) is 0 Å². The third kappa shape index (κ3) is 3.38. The fourth-order valence-electron chi connectivity index (χ4n) is 1.26. The van der Waals surface area contributed by atoms with Gasteiger partial charge in [-0.05, 0) is 29.4 Å². The fourth-order valence-corrected chi connectivity index (χ4v) is 1.26. The van der Waals surface area contributed by atoms with E-state index in [2.05, 4.69) is 6.58 Å². The maximum absolute atomic E-state index is 13.0. The Hall–Kier alpha value is -1.84. The second-order valence-corrected chi connectivity index (χ2v) is 3.46. The van der Waals surface area contributed by atoms with Crippen LogP contribution in [0.15, 0.2) is 59.8 Å². The zero-order valence-electron chi connectivity index (χ0n) is 8.79. The standard InChI is InChI=1S/C12H14F2N2/c1-8(2-3-12(16)7-15)9-4-10(13)6-11(14)5-9/h2-5,7,10H,1,6,15-16H2/b3-2-,12-7+. The maximum atomic E-state index is 13.0. The van der Waals surface area contributed by atoms with Gasteiger partial charge in [0.15, 0.2) is 0 Å². The topological polar surface area (TPSA) is 52.0 Å². The summed E-state index contributed by atoms with van der Waals surface area (Å²) >= 11 is 0. The van der Waals surface area contributed by atoms with Crippen LogP contribution < -0.4 is 11.5 Å². The number of hydrogen-bond acceptors (Lipinski definition) is 2. The van der Waals surface area contributed by atoms with Crippen LogP contribution in [-0.4, -0.2) is 6.17 Å². The van der Waals surface area contributed by atoms with Crippen LogP contribution in [0, 0.1) is 0 Å². The summed E-state index contributed by atoms with van der Waals surface area (Å²) in [5.74, 6) is -0.484. The van der Waals surface area contributed by atoms with Gasteiger partial charge in [0.05, 0.1) is 0 Å². The molecule has 0 amide bonds. The van der Waals surface area contributed by atoms with Crippen LogP contribution >= 0.6 is 0 Å². The van der Waals surface area contributed by atoms with Crippen LogP contribution in [0.3, 0.4) is 0 Å². The first-order valence-electron chi connectivity index (χ1n) is 4.79. The predicted molar refractivity (Wildman–Crippen MR) is 61.5 cm³/mol. The summed E-state index contributed by atoms with van der Waals surface area (Å²) in [5.41, 5.74) is 11.9. The molecule has 86 valence electrons. The first-order chi connectivity index (χ1) is 7.52. The summed E-state index contributed by atoms with van der Waals surface area (Å²) in [7, 11) is 0. The van der Waals surface area contributed by atoms with E-state index in [-0.39, 0.29) is 6.42 Å². The van der Waals surface area contributed by atoms with Crippen molar-refractivity contribution >= 4 is 0 Å². The summed E-state index contributed by atoms with van der Waals surface area (Å²) in [5, 5.41) is 0. The van der Waals surface area contributed by atoms with Crippen molar-refractivity contribution in [1.29, 1.82) is 0 Å². The molecule has 1 aliphatic carbocycles. The van der Waals surface area contributed by atoms with Gasteiger partial charge < -0.3 is 11.5 Å². The Morgan fingerprint density at radius 2 is 2.19 bits per heavy atom. The summed E-state index contributed by atoms with van der Waals surface area (Å²) < 4.78 is 26.0. The minimum atomic E-state index is -1.30. The second-order valence-electron chi connectivity index (χ2n) is 3.46. The molecule has 1 aliphatic rings. The monoisotopic (exact) mass is 224 g/mol. The number of rotatable bonds is 3. The molecule has 0 aromatic heterocycles. The van der Waals surface area contributed by atoms with E-state index in [0.717, 1.165) is 0 Å². The smallest absolute Gasteiger partial charge is 0.125 e. The molecule has 0 saturated heterocycles. The van der Waals surface area contributed by atoms with Crippen molar-refractivity contribution in [3.63, 3.8) is 0 Å². The molecule has 2 nitrogen and oxygen atoms in total. The minimum Gasteiger partial charge on any atom is -0.403 e. The van der Waals surface area contributed by atoms with Gasteiger partial charge in [-0.1, -0.05) is 12.7 Å². The molecule has 0 saturated carbocycles. The summed E-state index contributed by atoms with van der Waals surface area (Å²) in [6, 6.07) is 0. The van der Waals surface area contributed by atoms with Crippen molar-refractivity contribution in [2.24, 2.45) is 11.5 Å². The molecule has 1 rings (SSSR count). The van der Waals surface area contributed by atoms with Gasteiger partial charge >= 0.3 is 0 Å². The first-order valence-corrected chi connectivity index (χ1v) is 4.79. The fraction of sp³-hybridized carbons (Fsp3) is 0.167. The van der Waals surface area contributed by atoms with E-state index in [0.29, 0.717) is 16.8 Å². The number of alkyl halides is 1. The molecular weight excluding hydrogens is 210 g/mol. The predicted octanol–water partition coefficient (Wildman–Crippen LogP) is 2.38. The van der Waals surface area contributed by atoms with Crippen molar-refractivity contribution in [2.75, 3.05) is 0 Å². The second kappa shape index (κ2) is 5.30. The van der Waals surface area contributed by atoms with Crippen molar-refractivity contribution in [3.05, 3.63) is 59.8 Å². The minimum absolute atomic E-state index is 0.203. The lowest BCUT2D eigenvalue weighted by atomic mass is 9.98. The molecule has 0 spiro atoms. The number of hydrogen-bond donors (Lipinski definition) is 2. The third-order valence-electron chi connectivity index (χ3n) is 2.10. The Kier molecular flexibility index (Phi) is 4.05. The molecule has 1 unspecified atom stereocenters. The molecule has 1 atom stereocenters. The van der Waals surface area contributed by atoms with Crippen LogP contribution in [0.25, 0.3) is 0 Å². The highest BCUT2D eigenvalue weighted by Crippen LogP contribution is 2.25. The summed E-state index contributed by atoms with van der Waals surface area (Å²) in [6.45, 7) is 3.70. The van der Waals surface area contributed by atoms with Gasteiger partial charge in [-0.3, -0.25) is 0 Å². The normalized spacial score (nSPS) is 21.9. The van der Waals surface area contributed by atoms with Gasteiger partial charge in [-0.15, -0.1) is 0 Å². The molecule has 4 N–H and O–H groups in total. The van der Waals surface area contributed by atoms with Gasteiger partial charge in [0, 0.05) is 18.3 Å². The van der Waals surface area contributed by atoms with E-state index >= 15 is 0 Å². The summed E-state index contributed by atoms with van der Waals surface area (Å²) in [4.78, 5) is 0. The molecule has 0 bridgehead atoms. The first kappa shape index (κ1) is 12.2. The highest BCUT2D eigenvalue weighted by Gasteiger charge is 2.14. The van der Waals surface area contributed by atoms with Gasteiger partial charge in [-0.25, -0.2) is 8.78 Å². The molecule has 0 radical (unpaired) electrons. The number of halogens is 2. The van der Waals surface area contributed by atoms with Crippen molar-refractivity contribution < 1.29 is 8.78 Å². The van der Waals surface area contributed by atoms with E-state index in [1.807, 2.05) is 0 Å². The average Bonchev–Trinajstić information content (AvgIpc) is 2.23. The third-order valence-corrected chi connectivity index (χ3v) is 2.10. The Morgan fingerprint density at radius 3 is 2.75 bits per heavy atom. The molecule has 4 heteroatoms. The molecule has 0 aliphatic heterocycles. The van der Waals surface area contributed by atoms with Gasteiger partial charge in [0.1, 0.15) is 12.0 Å². The molecule has 0 heterocycles. The Labute approximate surface area is 93.3 Å². The molecule has 0 fully saturated rings. The Morgan fingerprint density at radius 1 is 1.50 bits per heavy atom. The Bertz CT molecular complexity index is 403. The van der Waals surface area contributed by atoms with Crippen LogP contribution in [0.5, 0.6) is 0 Å².